The van der Waals surface area contributed by atoms with Crippen LogP contribution in [-0.4, -0.2) is 48.4 Å². The first-order valence-electron chi connectivity index (χ1n) is 6.97. The molecule has 0 unspecified atom stereocenters. The standard InChI is InChI=1S/C15H19N3O2/c1-17-11-15(13(17)19)7-9-18(10-8-15)14(20)16-12-5-3-2-4-6-12/h2-6H,7-11H2,1H3,(H,16,20). The fraction of sp³-hybridized carbons (Fsp3) is 0.467. The number of amides is 3. The zero-order chi connectivity index (χ0) is 14.2. The van der Waals surface area contributed by atoms with E-state index in [2.05, 4.69) is 5.32 Å². The quantitative estimate of drug-likeness (QED) is 0.793. The number of hydrogen-bond acceptors (Lipinski definition) is 2. The van der Waals surface area contributed by atoms with E-state index in [1.54, 1.807) is 9.80 Å². The summed E-state index contributed by atoms with van der Waals surface area (Å²) in [5.74, 6) is 0.237. The van der Waals surface area contributed by atoms with Crippen LogP contribution in [0.15, 0.2) is 30.3 Å². The molecule has 106 valence electrons. The molecule has 2 aliphatic heterocycles. The molecule has 0 aliphatic carbocycles. The molecule has 2 aliphatic rings. The van der Waals surface area contributed by atoms with E-state index in [0.717, 1.165) is 25.1 Å². The van der Waals surface area contributed by atoms with Gasteiger partial charge in [-0.3, -0.25) is 4.79 Å². The molecule has 2 saturated heterocycles. The Morgan fingerprint density at radius 1 is 1.20 bits per heavy atom. The third-order valence-electron chi connectivity index (χ3n) is 4.37. The van der Waals surface area contributed by atoms with Gasteiger partial charge in [0.1, 0.15) is 0 Å². The second-order valence-electron chi connectivity index (χ2n) is 5.72. The second kappa shape index (κ2) is 4.81. The minimum atomic E-state index is -0.182. The molecule has 5 nitrogen and oxygen atoms in total. The fourth-order valence-electron chi connectivity index (χ4n) is 3.14. The maximum atomic E-state index is 12.2. The Balaban J connectivity index is 1.56. The number of urea groups is 1. The third kappa shape index (κ3) is 2.13. The van der Waals surface area contributed by atoms with Crippen molar-refractivity contribution in [2.24, 2.45) is 5.41 Å². The molecule has 3 rings (SSSR count). The molecular weight excluding hydrogens is 254 g/mol. The minimum Gasteiger partial charge on any atom is -0.344 e. The van der Waals surface area contributed by atoms with Gasteiger partial charge in [-0.2, -0.15) is 0 Å². The van der Waals surface area contributed by atoms with Gasteiger partial charge in [0.15, 0.2) is 0 Å². The molecule has 0 radical (unpaired) electrons. The number of nitrogens with zero attached hydrogens (tertiary/aromatic N) is 2. The molecule has 0 saturated carbocycles. The van der Waals surface area contributed by atoms with Gasteiger partial charge >= 0.3 is 6.03 Å². The molecule has 1 spiro atoms. The van der Waals surface area contributed by atoms with Crippen molar-refractivity contribution in [3.63, 3.8) is 0 Å². The summed E-state index contributed by atoms with van der Waals surface area (Å²) in [7, 11) is 1.84. The average Bonchev–Trinajstić information content (AvgIpc) is 2.48. The van der Waals surface area contributed by atoms with Crippen LogP contribution >= 0.6 is 0 Å². The van der Waals surface area contributed by atoms with Crippen LogP contribution in [0.2, 0.25) is 0 Å². The van der Waals surface area contributed by atoms with Crippen molar-refractivity contribution in [2.45, 2.75) is 12.8 Å². The maximum absolute atomic E-state index is 12.2. The molecule has 5 heteroatoms. The number of hydrogen-bond donors (Lipinski definition) is 1. The van der Waals surface area contributed by atoms with Crippen LogP contribution in [0.5, 0.6) is 0 Å². The lowest BCUT2D eigenvalue weighted by Gasteiger charge is -2.51. The highest BCUT2D eigenvalue weighted by atomic mass is 16.2. The van der Waals surface area contributed by atoms with Gasteiger partial charge in [-0.05, 0) is 25.0 Å². The lowest BCUT2D eigenvalue weighted by Crippen LogP contribution is -2.63. The normalized spacial score (nSPS) is 20.8. The number of β-lactam (4-membered cyclic amide) rings is 1. The summed E-state index contributed by atoms with van der Waals surface area (Å²) in [6.07, 6.45) is 1.55. The number of benzene rings is 1. The summed E-state index contributed by atoms with van der Waals surface area (Å²) >= 11 is 0. The van der Waals surface area contributed by atoms with Crippen LogP contribution in [0.1, 0.15) is 12.8 Å². The van der Waals surface area contributed by atoms with Crippen LogP contribution in [0.25, 0.3) is 0 Å². The Morgan fingerprint density at radius 2 is 1.85 bits per heavy atom. The number of anilines is 1. The molecule has 0 aromatic heterocycles. The van der Waals surface area contributed by atoms with Crippen LogP contribution in [0.4, 0.5) is 10.5 Å². The van der Waals surface area contributed by atoms with Gasteiger partial charge in [0.25, 0.3) is 0 Å². The van der Waals surface area contributed by atoms with Gasteiger partial charge < -0.3 is 15.1 Å². The predicted octanol–water partition coefficient (Wildman–Crippen LogP) is 1.77. The SMILES string of the molecule is CN1CC2(CCN(C(=O)Nc3ccccc3)CC2)C1=O. The van der Waals surface area contributed by atoms with Gasteiger partial charge in [0.2, 0.25) is 5.91 Å². The summed E-state index contributed by atoms with van der Waals surface area (Å²) in [5.41, 5.74) is 0.621. The third-order valence-corrected chi connectivity index (χ3v) is 4.37. The molecule has 0 bridgehead atoms. The largest absolute Gasteiger partial charge is 0.344 e. The zero-order valence-corrected chi connectivity index (χ0v) is 11.6. The van der Waals surface area contributed by atoms with E-state index in [9.17, 15) is 9.59 Å². The predicted molar refractivity (Wildman–Crippen MR) is 76.3 cm³/mol. The van der Waals surface area contributed by atoms with Crippen molar-refractivity contribution >= 4 is 17.6 Å². The van der Waals surface area contributed by atoms with Crippen molar-refractivity contribution in [3.05, 3.63) is 30.3 Å². The summed E-state index contributed by atoms with van der Waals surface area (Å²) in [6.45, 7) is 2.14. The summed E-state index contributed by atoms with van der Waals surface area (Å²) < 4.78 is 0. The number of piperidine rings is 1. The summed E-state index contributed by atoms with van der Waals surface area (Å²) in [4.78, 5) is 27.6. The summed E-state index contributed by atoms with van der Waals surface area (Å²) in [6, 6.07) is 9.36. The number of nitrogens with one attached hydrogen (secondary N) is 1. The highest BCUT2D eigenvalue weighted by Gasteiger charge is 2.51. The first-order valence-corrected chi connectivity index (χ1v) is 6.97. The van der Waals surface area contributed by atoms with Crippen molar-refractivity contribution in [1.82, 2.24) is 9.80 Å². The van der Waals surface area contributed by atoms with Gasteiger partial charge in [-0.15, -0.1) is 0 Å². The molecule has 2 fully saturated rings. The molecular formula is C15H19N3O2. The average molecular weight is 273 g/mol. The fourth-order valence-corrected chi connectivity index (χ4v) is 3.14. The van der Waals surface area contributed by atoms with Gasteiger partial charge in [-0.1, -0.05) is 18.2 Å². The molecule has 1 aromatic rings. The molecule has 1 aromatic carbocycles. The van der Waals surface area contributed by atoms with E-state index in [0.29, 0.717) is 13.1 Å². The first kappa shape index (κ1) is 13.0. The lowest BCUT2D eigenvalue weighted by atomic mass is 9.71. The van der Waals surface area contributed by atoms with E-state index in [1.165, 1.54) is 0 Å². The number of carbonyl (C=O) groups excluding carboxylic acids is 2. The maximum Gasteiger partial charge on any atom is 0.321 e. The van der Waals surface area contributed by atoms with Crippen molar-refractivity contribution in [3.8, 4) is 0 Å². The molecule has 20 heavy (non-hydrogen) atoms. The van der Waals surface area contributed by atoms with Gasteiger partial charge in [-0.25, -0.2) is 4.79 Å². The van der Waals surface area contributed by atoms with E-state index >= 15 is 0 Å². The Morgan fingerprint density at radius 3 is 2.40 bits per heavy atom. The molecule has 2 heterocycles. The van der Waals surface area contributed by atoms with Gasteiger partial charge in [0.05, 0.1) is 5.41 Å². The van der Waals surface area contributed by atoms with E-state index < -0.39 is 0 Å². The number of carbonyl (C=O) groups is 2. The zero-order valence-electron chi connectivity index (χ0n) is 11.6. The Bertz CT molecular complexity index is 521. The highest BCUT2D eigenvalue weighted by Crippen LogP contribution is 2.40. The van der Waals surface area contributed by atoms with Crippen molar-refractivity contribution in [2.75, 3.05) is 32.0 Å². The van der Waals surface area contributed by atoms with E-state index in [1.807, 2.05) is 37.4 Å². The molecule has 1 N–H and O–H groups in total. The van der Waals surface area contributed by atoms with Gasteiger partial charge in [0, 0.05) is 32.4 Å². The topological polar surface area (TPSA) is 52.6 Å². The second-order valence-corrected chi connectivity index (χ2v) is 5.72. The number of likely N-dealkylation sites (tertiary alicyclic amines) is 2. The monoisotopic (exact) mass is 273 g/mol. The van der Waals surface area contributed by atoms with Crippen LogP contribution in [-0.2, 0) is 4.79 Å². The first-order chi connectivity index (χ1) is 9.61. The minimum absolute atomic E-state index is 0.0776. The molecule has 3 amide bonds. The Kier molecular flexibility index (Phi) is 3.12. The molecule has 0 atom stereocenters. The highest BCUT2D eigenvalue weighted by molar-refractivity contribution is 5.91. The van der Waals surface area contributed by atoms with E-state index in [4.69, 9.17) is 0 Å². The van der Waals surface area contributed by atoms with Crippen LogP contribution < -0.4 is 5.32 Å². The summed E-state index contributed by atoms with van der Waals surface area (Å²) in [5, 5.41) is 2.89. The number of rotatable bonds is 1. The van der Waals surface area contributed by atoms with E-state index in [-0.39, 0.29) is 17.4 Å². The van der Waals surface area contributed by atoms with Crippen LogP contribution in [0, 0.1) is 5.41 Å². The lowest BCUT2D eigenvalue weighted by molar-refractivity contribution is -0.161. The van der Waals surface area contributed by atoms with Crippen molar-refractivity contribution in [1.29, 1.82) is 0 Å². The number of para-hydroxylation sites is 1. The smallest absolute Gasteiger partial charge is 0.321 e. The van der Waals surface area contributed by atoms with Crippen molar-refractivity contribution < 1.29 is 9.59 Å². The van der Waals surface area contributed by atoms with Crippen LogP contribution in [0.3, 0.4) is 0 Å². The Labute approximate surface area is 118 Å². The Hall–Kier alpha value is -2.04.